The molecular weight excluding hydrogens is 371 g/mol. The Hall–Kier alpha value is -3.13. The lowest BCUT2D eigenvalue weighted by molar-refractivity contribution is -0.568. The minimum Gasteiger partial charge on any atom is -0.454 e. The molecule has 1 aromatic heterocycles. The number of aromatic nitrogens is 1. The Morgan fingerprint density at radius 1 is 1.07 bits per heavy atom. The lowest BCUT2D eigenvalue weighted by Crippen LogP contribution is -2.78. The molecule has 0 atom stereocenters. The molecule has 8 heteroatoms. The topological polar surface area (TPSA) is 71.8 Å². The fraction of sp³-hybridized carbons (Fsp3) is 0.200. The third-order valence-corrected chi connectivity index (χ3v) is 4.52. The van der Waals surface area contributed by atoms with Crippen LogP contribution in [0.2, 0.25) is 0 Å². The highest BCUT2D eigenvalue weighted by Crippen LogP contribution is 2.36. The van der Waals surface area contributed by atoms with Crippen LogP contribution in [0, 0.1) is 5.41 Å². The summed E-state index contributed by atoms with van der Waals surface area (Å²) >= 11 is 0. The number of para-hydroxylation sites is 1. The average Bonchev–Trinajstić information content (AvgIpc) is 3.14. The molecule has 4 rings (SSSR count). The van der Waals surface area contributed by atoms with E-state index in [9.17, 15) is 13.2 Å². The van der Waals surface area contributed by atoms with Crippen LogP contribution in [0.4, 0.5) is 18.9 Å². The van der Waals surface area contributed by atoms with Crippen molar-refractivity contribution in [2.75, 3.05) is 13.3 Å². The van der Waals surface area contributed by atoms with E-state index >= 15 is 0 Å². The number of hydrogen-bond acceptors (Lipinski definition) is 4. The molecule has 2 heterocycles. The van der Waals surface area contributed by atoms with Crippen molar-refractivity contribution in [3.05, 3.63) is 48.5 Å². The summed E-state index contributed by atoms with van der Waals surface area (Å²) in [4.78, 5) is 4.68. The summed E-state index contributed by atoms with van der Waals surface area (Å²) < 4.78 is 48.4. The van der Waals surface area contributed by atoms with Crippen molar-refractivity contribution in [1.29, 1.82) is 5.41 Å². The quantitative estimate of drug-likeness (QED) is 0.653. The number of nitrogens with one attached hydrogen (secondary N) is 1. The summed E-state index contributed by atoms with van der Waals surface area (Å²) in [6.45, 7) is 0.293. The maximum atomic E-state index is 12.6. The number of ether oxygens (including phenoxy) is 2. The predicted molar refractivity (Wildman–Crippen MR) is 98.2 cm³/mol. The fourth-order valence-electron chi connectivity index (χ4n) is 3.09. The minimum atomic E-state index is -4.58. The second kappa shape index (κ2) is 7.12. The summed E-state index contributed by atoms with van der Waals surface area (Å²) in [7, 11) is 0. The molecule has 3 aromatic rings. The maximum absolute atomic E-state index is 12.6. The van der Waals surface area contributed by atoms with Crippen LogP contribution in [0.1, 0.15) is 6.42 Å². The van der Waals surface area contributed by atoms with E-state index in [1.54, 1.807) is 5.32 Å². The Balaban J connectivity index is 1.65. The van der Waals surface area contributed by atoms with Crippen molar-refractivity contribution >= 4 is 22.3 Å². The monoisotopic (exact) mass is 388 g/mol. The molecule has 28 heavy (non-hydrogen) atoms. The summed E-state index contributed by atoms with van der Waals surface area (Å²) in [5, 5.41) is 9.71. The van der Waals surface area contributed by atoms with Gasteiger partial charge in [-0.1, -0.05) is 12.1 Å². The van der Waals surface area contributed by atoms with E-state index in [0.717, 1.165) is 22.2 Å². The van der Waals surface area contributed by atoms with Crippen molar-refractivity contribution in [3.8, 4) is 22.8 Å². The molecule has 1 aliphatic rings. The fourth-order valence-corrected chi connectivity index (χ4v) is 3.09. The van der Waals surface area contributed by atoms with Crippen molar-refractivity contribution in [3.63, 3.8) is 0 Å². The highest BCUT2D eigenvalue weighted by atomic mass is 19.4. The number of nitrogens with zero attached hydrogens (tertiary/aromatic N) is 1. The molecule has 0 saturated carbocycles. The Labute approximate surface area is 158 Å². The number of halogens is 3. The van der Waals surface area contributed by atoms with Gasteiger partial charge in [0, 0.05) is 18.1 Å². The molecule has 2 aromatic carbocycles. The van der Waals surface area contributed by atoms with E-state index < -0.39 is 11.9 Å². The van der Waals surface area contributed by atoms with Gasteiger partial charge in [0.2, 0.25) is 6.79 Å². The van der Waals surface area contributed by atoms with Gasteiger partial charge in [0.1, 0.15) is 11.4 Å². The first-order valence-corrected chi connectivity index (χ1v) is 8.69. The van der Waals surface area contributed by atoms with E-state index in [4.69, 9.17) is 14.9 Å². The molecule has 0 saturated heterocycles. The molecule has 0 aliphatic carbocycles. The molecular formula is C20H17F3N3O2+. The number of pyridine rings is 1. The van der Waals surface area contributed by atoms with Gasteiger partial charge in [-0.15, -0.1) is 0 Å². The first-order valence-electron chi connectivity index (χ1n) is 8.69. The van der Waals surface area contributed by atoms with Gasteiger partial charge in [0.25, 0.3) is 0 Å². The summed E-state index contributed by atoms with van der Waals surface area (Å²) in [5.74, 6) is 1.30. The summed E-state index contributed by atoms with van der Waals surface area (Å²) in [5.41, 5.74) is 1.82. The second-order valence-electron chi connectivity index (χ2n) is 6.40. The SMILES string of the molecule is N=C(CC[NH2+]c1cc(-c2ccc3c(c2)OCO3)nc2ccccc12)C(F)(F)F. The van der Waals surface area contributed by atoms with Crippen LogP contribution < -0.4 is 14.8 Å². The van der Waals surface area contributed by atoms with Gasteiger partial charge in [0.05, 0.1) is 23.1 Å². The van der Waals surface area contributed by atoms with Crippen molar-refractivity contribution in [1.82, 2.24) is 4.98 Å². The van der Waals surface area contributed by atoms with E-state index in [-0.39, 0.29) is 19.8 Å². The number of quaternary nitrogens is 1. The lowest BCUT2D eigenvalue weighted by Gasteiger charge is -2.10. The zero-order valence-corrected chi connectivity index (χ0v) is 14.7. The molecule has 0 amide bonds. The van der Waals surface area contributed by atoms with Crippen molar-refractivity contribution < 1.29 is 28.0 Å². The molecule has 0 bridgehead atoms. The number of alkyl halides is 3. The third-order valence-electron chi connectivity index (χ3n) is 4.52. The van der Waals surface area contributed by atoms with Gasteiger partial charge in [0.15, 0.2) is 11.5 Å². The number of hydrogen-bond donors (Lipinski definition) is 2. The highest BCUT2D eigenvalue weighted by molar-refractivity contribution is 5.90. The van der Waals surface area contributed by atoms with Crippen LogP contribution in [0.5, 0.6) is 11.5 Å². The van der Waals surface area contributed by atoms with E-state index in [1.165, 1.54) is 0 Å². The van der Waals surface area contributed by atoms with Gasteiger partial charge < -0.3 is 20.2 Å². The van der Waals surface area contributed by atoms with Crippen LogP contribution >= 0.6 is 0 Å². The number of nitrogens with two attached hydrogens (primary N) is 1. The molecule has 0 spiro atoms. The van der Waals surface area contributed by atoms with Crippen LogP contribution in [0.15, 0.2) is 48.5 Å². The zero-order valence-electron chi connectivity index (χ0n) is 14.7. The Kier molecular flexibility index (Phi) is 4.64. The molecule has 3 N–H and O–H groups in total. The first-order chi connectivity index (χ1) is 13.4. The highest BCUT2D eigenvalue weighted by Gasteiger charge is 2.33. The molecule has 0 unspecified atom stereocenters. The molecule has 0 radical (unpaired) electrons. The van der Waals surface area contributed by atoms with E-state index in [0.29, 0.717) is 17.2 Å². The standard InChI is InChI=1S/C20H16F3N3O2/c21-20(22,23)19(24)7-8-25-16-10-15(26-14-4-2-1-3-13(14)16)12-5-6-17-18(9-12)28-11-27-17/h1-6,9-10,24H,7-8,11H2,(H,25,26)/p+1. The predicted octanol–water partition coefficient (Wildman–Crippen LogP) is 3.80. The largest absolute Gasteiger partial charge is 0.454 e. The van der Waals surface area contributed by atoms with Crippen LogP contribution in [-0.4, -0.2) is 30.2 Å². The van der Waals surface area contributed by atoms with Gasteiger partial charge in [-0.25, -0.2) is 4.98 Å². The normalized spacial score (nSPS) is 13.1. The number of fused-ring (bicyclic) bond motifs is 2. The van der Waals surface area contributed by atoms with E-state index in [2.05, 4.69) is 4.98 Å². The van der Waals surface area contributed by atoms with Gasteiger partial charge in [-0.2, -0.15) is 13.2 Å². The number of benzene rings is 2. The number of rotatable bonds is 5. The zero-order chi connectivity index (χ0) is 19.7. The Morgan fingerprint density at radius 3 is 2.68 bits per heavy atom. The van der Waals surface area contributed by atoms with Gasteiger partial charge >= 0.3 is 6.18 Å². The van der Waals surface area contributed by atoms with Crippen LogP contribution in [0.25, 0.3) is 22.2 Å². The van der Waals surface area contributed by atoms with Gasteiger partial charge in [-0.05, 0) is 30.3 Å². The summed E-state index contributed by atoms with van der Waals surface area (Å²) in [6.07, 6.45) is -4.94. The minimum absolute atomic E-state index is 0.118. The van der Waals surface area contributed by atoms with Crippen molar-refractivity contribution in [2.45, 2.75) is 12.6 Å². The lowest BCUT2D eigenvalue weighted by atomic mass is 10.1. The van der Waals surface area contributed by atoms with Gasteiger partial charge in [-0.3, -0.25) is 0 Å². The van der Waals surface area contributed by atoms with Crippen LogP contribution in [-0.2, 0) is 0 Å². The Morgan fingerprint density at radius 2 is 1.86 bits per heavy atom. The second-order valence-corrected chi connectivity index (χ2v) is 6.40. The first kappa shape index (κ1) is 18.2. The maximum Gasteiger partial charge on any atom is 0.429 e. The smallest absolute Gasteiger partial charge is 0.429 e. The summed E-state index contributed by atoms with van der Waals surface area (Å²) in [6, 6.07) is 14.8. The molecule has 5 nitrogen and oxygen atoms in total. The molecule has 144 valence electrons. The van der Waals surface area contributed by atoms with E-state index in [1.807, 2.05) is 48.5 Å². The third kappa shape index (κ3) is 3.63. The Bertz CT molecular complexity index is 1050. The van der Waals surface area contributed by atoms with Crippen LogP contribution in [0.3, 0.4) is 0 Å². The molecule has 1 aliphatic heterocycles. The molecule has 0 fully saturated rings. The average molecular weight is 388 g/mol. The van der Waals surface area contributed by atoms with Crippen molar-refractivity contribution in [2.24, 2.45) is 0 Å².